The van der Waals surface area contributed by atoms with Crippen molar-refractivity contribution < 1.29 is 19.4 Å². The normalized spacial score (nSPS) is 14.0. The fourth-order valence-corrected chi connectivity index (χ4v) is 3.16. The van der Waals surface area contributed by atoms with Crippen LogP contribution in [0, 0.1) is 0 Å². The highest BCUT2D eigenvalue weighted by atomic mass is 16.5. The first-order valence-corrected chi connectivity index (χ1v) is 8.82. The zero-order valence-electron chi connectivity index (χ0n) is 14.6. The molecule has 0 saturated carbocycles. The number of carbonyl (C=O) groups is 2. The maximum absolute atomic E-state index is 12.2. The van der Waals surface area contributed by atoms with E-state index in [-0.39, 0.29) is 18.9 Å². The molecular formula is C19H27NO4. The Morgan fingerprint density at radius 1 is 1.17 bits per heavy atom. The minimum Gasteiger partial charge on any atom is -0.483 e. The lowest BCUT2D eigenvalue weighted by molar-refractivity contribution is -0.136. The van der Waals surface area contributed by atoms with Gasteiger partial charge in [-0.25, -0.2) is 0 Å². The lowest BCUT2D eigenvalue weighted by Gasteiger charge is -2.19. The van der Waals surface area contributed by atoms with Gasteiger partial charge in [0.05, 0.1) is 6.42 Å². The molecule has 24 heavy (non-hydrogen) atoms. The molecule has 1 amide bonds. The molecule has 5 nitrogen and oxygen atoms in total. The number of aryl methyl sites for hydroxylation is 2. The summed E-state index contributed by atoms with van der Waals surface area (Å²) in [5.74, 6) is -0.318. The van der Waals surface area contributed by atoms with Crippen LogP contribution in [0.2, 0.25) is 0 Å². The van der Waals surface area contributed by atoms with E-state index in [1.807, 2.05) is 17.9 Å². The van der Waals surface area contributed by atoms with Crippen molar-refractivity contribution in [2.45, 2.75) is 52.4 Å². The van der Waals surface area contributed by atoms with Gasteiger partial charge in [-0.3, -0.25) is 9.59 Å². The van der Waals surface area contributed by atoms with Crippen LogP contribution in [0.25, 0.3) is 0 Å². The number of likely N-dealkylation sites (tertiary alicyclic amines) is 1. The number of nitrogens with zero attached hydrogens (tertiary/aromatic N) is 1. The predicted octanol–water partition coefficient (Wildman–Crippen LogP) is 2.83. The van der Waals surface area contributed by atoms with Crippen molar-refractivity contribution in [1.82, 2.24) is 4.90 Å². The summed E-state index contributed by atoms with van der Waals surface area (Å²) in [6, 6.07) is 3.97. The average Bonchev–Trinajstić information content (AvgIpc) is 3.07. The Bertz CT molecular complexity index is 591. The summed E-state index contributed by atoms with van der Waals surface area (Å²) in [4.78, 5) is 25.3. The van der Waals surface area contributed by atoms with Crippen LogP contribution in [-0.4, -0.2) is 41.6 Å². The lowest BCUT2D eigenvalue weighted by Crippen LogP contribution is -2.32. The van der Waals surface area contributed by atoms with Gasteiger partial charge < -0.3 is 14.7 Å². The van der Waals surface area contributed by atoms with E-state index < -0.39 is 5.97 Å². The molecule has 1 aromatic rings. The van der Waals surface area contributed by atoms with Crippen LogP contribution in [0.3, 0.4) is 0 Å². The summed E-state index contributed by atoms with van der Waals surface area (Å²) in [5, 5.41) is 9.20. The second-order valence-corrected chi connectivity index (χ2v) is 6.29. The van der Waals surface area contributed by atoms with Gasteiger partial charge in [0.25, 0.3) is 5.91 Å². The molecule has 0 radical (unpaired) electrons. The summed E-state index contributed by atoms with van der Waals surface area (Å²) in [6.07, 6.45) is 4.60. The van der Waals surface area contributed by atoms with Gasteiger partial charge in [-0.15, -0.1) is 0 Å². The van der Waals surface area contributed by atoms with Crippen molar-refractivity contribution in [2.24, 2.45) is 0 Å². The summed E-state index contributed by atoms with van der Waals surface area (Å²) < 4.78 is 5.84. The van der Waals surface area contributed by atoms with Crippen LogP contribution in [0.15, 0.2) is 12.1 Å². The van der Waals surface area contributed by atoms with Crippen molar-refractivity contribution in [3.05, 3.63) is 28.8 Å². The fourth-order valence-electron chi connectivity index (χ4n) is 3.16. The first-order valence-electron chi connectivity index (χ1n) is 8.82. The molecule has 0 aliphatic carbocycles. The predicted molar refractivity (Wildman–Crippen MR) is 92.5 cm³/mol. The first kappa shape index (κ1) is 18.3. The zero-order chi connectivity index (χ0) is 17.5. The number of ether oxygens (including phenoxy) is 1. The number of benzene rings is 1. The maximum Gasteiger partial charge on any atom is 0.307 e. The quantitative estimate of drug-likeness (QED) is 0.794. The summed E-state index contributed by atoms with van der Waals surface area (Å²) in [5.41, 5.74) is 2.77. The Morgan fingerprint density at radius 2 is 1.83 bits per heavy atom. The van der Waals surface area contributed by atoms with E-state index in [9.17, 15) is 14.7 Å². The number of carboxylic acids is 1. The third-order valence-electron chi connectivity index (χ3n) is 4.37. The molecule has 132 valence electrons. The highest BCUT2D eigenvalue weighted by molar-refractivity contribution is 5.78. The van der Waals surface area contributed by atoms with Crippen LogP contribution < -0.4 is 4.74 Å². The third kappa shape index (κ3) is 4.73. The average molecular weight is 333 g/mol. The molecule has 1 heterocycles. The summed E-state index contributed by atoms with van der Waals surface area (Å²) >= 11 is 0. The highest BCUT2D eigenvalue weighted by Gasteiger charge is 2.20. The largest absolute Gasteiger partial charge is 0.483 e. The van der Waals surface area contributed by atoms with Gasteiger partial charge in [0.15, 0.2) is 6.61 Å². The molecule has 1 aliphatic rings. The molecule has 2 rings (SSSR count). The van der Waals surface area contributed by atoms with Gasteiger partial charge in [0.1, 0.15) is 5.75 Å². The van der Waals surface area contributed by atoms with Gasteiger partial charge in [-0.1, -0.05) is 32.4 Å². The molecular weight excluding hydrogens is 306 g/mol. The molecule has 1 fully saturated rings. The highest BCUT2D eigenvalue weighted by Crippen LogP contribution is 2.29. The Kier molecular flexibility index (Phi) is 6.64. The molecule has 0 unspecified atom stereocenters. The number of carbonyl (C=O) groups excluding carboxylic acids is 1. The number of aliphatic carboxylic acids is 1. The van der Waals surface area contributed by atoms with Crippen molar-refractivity contribution in [3.63, 3.8) is 0 Å². The van der Waals surface area contributed by atoms with E-state index in [4.69, 9.17) is 4.74 Å². The topological polar surface area (TPSA) is 66.8 Å². The lowest BCUT2D eigenvalue weighted by atomic mass is 9.98. The van der Waals surface area contributed by atoms with E-state index in [1.54, 1.807) is 0 Å². The molecule has 0 atom stereocenters. The maximum atomic E-state index is 12.2. The van der Waals surface area contributed by atoms with Gasteiger partial charge in [-0.2, -0.15) is 0 Å². The van der Waals surface area contributed by atoms with Crippen molar-refractivity contribution in [1.29, 1.82) is 0 Å². The molecule has 1 saturated heterocycles. The van der Waals surface area contributed by atoms with Crippen LogP contribution in [0.4, 0.5) is 0 Å². The number of carboxylic acid groups (broad SMARTS) is 1. The van der Waals surface area contributed by atoms with E-state index in [0.717, 1.165) is 56.3 Å². The second kappa shape index (κ2) is 8.71. The zero-order valence-corrected chi connectivity index (χ0v) is 14.6. The second-order valence-electron chi connectivity index (χ2n) is 6.29. The number of amides is 1. The van der Waals surface area contributed by atoms with Gasteiger partial charge in [-0.05, 0) is 36.8 Å². The molecule has 0 bridgehead atoms. The molecule has 1 N–H and O–H groups in total. The van der Waals surface area contributed by atoms with Crippen LogP contribution in [-0.2, 0) is 28.9 Å². The smallest absolute Gasteiger partial charge is 0.307 e. The van der Waals surface area contributed by atoms with Crippen LogP contribution >= 0.6 is 0 Å². The van der Waals surface area contributed by atoms with E-state index in [0.29, 0.717) is 11.3 Å². The number of rotatable bonds is 8. The molecule has 1 aliphatic heterocycles. The molecule has 5 heteroatoms. The van der Waals surface area contributed by atoms with Gasteiger partial charge >= 0.3 is 5.97 Å². The number of hydrogen-bond donors (Lipinski definition) is 1. The Balaban J connectivity index is 2.22. The summed E-state index contributed by atoms with van der Waals surface area (Å²) in [7, 11) is 0. The Labute approximate surface area is 143 Å². The first-order chi connectivity index (χ1) is 11.5. The van der Waals surface area contributed by atoms with Crippen molar-refractivity contribution in [2.75, 3.05) is 19.7 Å². The Morgan fingerprint density at radius 3 is 2.42 bits per heavy atom. The van der Waals surface area contributed by atoms with E-state index in [1.165, 1.54) is 0 Å². The number of hydrogen-bond acceptors (Lipinski definition) is 3. The summed E-state index contributed by atoms with van der Waals surface area (Å²) in [6.45, 7) is 5.69. The van der Waals surface area contributed by atoms with E-state index in [2.05, 4.69) is 13.0 Å². The molecule has 0 aromatic heterocycles. The molecule has 1 aromatic carbocycles. The monoisotopic (exact) mass is 333 g/mol. The SMILES string of the molecule is CCCc1cc(CC)cc(CC(=O)O)c1OCC(=O)N1CCCC1. The standard InChI is InChI=1S/C19H27NO4/c1-3-7-15-10-14(4-2)11-16(12-18(22)23)19(15)24-13-17(21)20-8-5-6-9-20/h10-11H,3-9,12-13H2,1-2H3,(H,22,23). The fraction of sp³-hybridized carbons (Fsp3) is 0.579. The minimum atomic E-state index is -0.888. The van der Waals surface area contributed by atoms with Crippen LogP contribution in [0.1, 0.15) is 49.8 Å². The van der Waals surface area contributed by atoms with Crippen molar-refractivity contribution in [3.8, 4) is 5.75 Å². The molecule has 0 spiro atoms. The Hall–Kier alpha value is -2.04. The minimum absolute atomic E-state index is 0.0178. The van der Waals surface area contributed by atoms with Crippen molar-refractivity contribution >= 4 is 11.9 Å². The van der Waals surface area contributed by atoms with Gasteiger partial charge in [0, 0.05) is 18.7 Å². The van der Waals surface area contributed by atoms with Crippen LogP contribution in [0.5, 0.6) is 5.75 Å². The third-order valence-corrected chi connectivity index (χ3v) is 4.37. The van der Waals surface area contributed by atoms with Gasteiger partial charge in [0.2, 0.25) is 0 Å². The van der Waals surface area contributed by atoms with E-state index >= 15 is 0 Å².